The van der Waals surface area contributed by atoms with Gasteiger partial charge in [-0.1, -0.05) is 36.4 Å². The number of aliphatic hydroxyl groups excluding tert-OH is 1. The third-order valence-electron chi connectivity index (χ3n) is 3.21. The summed E-state index contributed by atoms with van der Waals surface area (Å²) in [6, 6.07) is 12.9. The fraction of sp³-hybridized carbons (Fsp3) is 0.312. The van der Waals surface area contributed by atoms with Gasteiger partial charge in [-0.05, 0) is 18.4 Å². The SMILES string of the molecule is C[C@H](NCC(O)COc1cccc2ccccc12)C(=O)O. The van der Waals surface area contributed by atoms with E-state index in [1.165, 1.54) is 6.92 Å². The lowest BCUT2D eigenvalue weighted by Crippen LogP contribution is -2.40. The first kappa shape index (κ1) is 15.3. The molecule has 112 valence electrons. The van der Waals surface area contributed by atoms with Crippen LogP contribution in [-0.4, -0.2) is 41.5 Å². The maximum Gasteiger partial charge on any atom is 0.320 e. The summed E-state index contributed by atoms with van der Waals surface area (Å²) in [4.78, 5) is 10.7. The number of aliphatic hydroxyl groups is 1. The minimum Gasteiger partial charge on any atom is -0.490 e. The Morgan fingerprint density at radius 1 is 1.24 bits per heavy atom. The molecule has 0 heterocycles. The Labute approximate surface area is 123 Å². The van der Waals surface area contributed by atoms with Gasteiger partial charge in [0.05, 0.1) is 0 Å². The van der Waals surface area contributed by atoms with Crippen LogP contribution in [0.2, 0.25) is 0 Å². The number of fused-ring (bicyclic) bond motifs is 1. The third-order valence-corrected chi connectivity index (χ3v) is 3.21. The summed E-state index contributed by atoms with van der Waals surface area (Å²) in [5.74, 6) is -0.240. The van der Waals surface area contributed by atoms with E-state index in [1.54, 1.807) is 0 Å². The van der Waals surface area contributed by atoms with Crippen LogP contribution in [0.4, 0.5) is 0 Å². The van der Waals surface area contributed by atoms with E-state index in [1.807, 2.05) is 42.5 Å². The number of carboxylic acid groups (broad SMARTS) is 1. The van der Waals surface area contributed by atoms with Gasteiger partial charge in [-0.15, -0.1) is 0 Å². The number of nitrogens with one attached hydrogen (secondary N) is 1. The molecular formula is C16H19NO4. The molecule has 0 aromatic heterocycles. The Balaban J connectivity index is 1.91. The van der Waals surface area contributed by atoms with Crippen molar-refractivity contribution in [2.75, 3.05) is 13.2 Å². The highest BCUT2D eigenvalue weighted by molar-refractivity contribution is 5.88. The van der Waals surface area contributed by atoms with Gasteiger partial charge >= 0.3 is 5.97 Å². The highest BCUT2D eigenvalue weighted by Crippen LogP contribution is 2.25. The Morgan fingerprint density at radius 3 is 2.71 bits per heavy atom. The van der Waals surface area contributed by atoms with Gasteiger partial charge in [-0.3, -0.25) is 4.79 Å². The second-order valence-corrected chi connectivity index (χ2v) is 4.91. The first-order chi connectivity index (χ1) is 10.1. The number of carboxylic acids is 1. The number of hydrogen-bond donors (Lipinski definition) is 3. The van der Waals surface area contributed by atoms with Gasteiger partial charge in [-0.2, -0.15) is 0 Å². The summed E-state index contributed by atoms with van der Waals surface area (Å²) in [5, 5.41) is 23.4. The summed E-state index contributed by atoms with van der Waals surface area (Å²) in [5.41, 5.74) is 0. The van der Waals surface area contributed by atoms with Crippen molar-refractivity contribution in [3.63, 3.8) is 0 Å². The van der Waals surface area contributed by atoms with Crippen LogP contribution in [0.15, 0.2) is 42.5 Å². The number of rotatable bonds is 7. The predicted octanol–water partition coefficient (Wildman–Crippen LogP) is 1.64. The Morgan fingerprint density at radius 2 is 1.95 bits per heavy atom. The van der Waals surface area contributed by atoms with Gasteiger partial charge in [-0.25, -0.2) is 0 Å². The highest BCUT2D eigenvalue weighted by atomic mass is 16.5. The van der Waals surface area contributed by atoms with E-state index in [9.17, 15) is 9.90 Å². The number of carbonyl (C=O) groups is 1. The fourth-order valence-electron chi connectivity index (χ4n) is 1.97. The molecule has 21 heavy (non-hydrogen) atoms. The van der Waals surface area contributed by atoms with Crippen LogP contribution in [0, 0.1) is 0 Å². The zero-order valence-electron chi connectivity index (χ0n) is 11.8. The summed E-state index contributed by atoms with van der Waals surface area (Å²) in [6.45, 7) is 1.80. The Kier molecular flexibility index (Phi) is 5.14. The Hall–Kier alpha value is -2.11. The molecule has 0 aliphatic rings. The van der Waals surface area contributed by atoms with E-state index in [-0.39, 0.29) is 13.2 Å². The maximum atomic E-state index is 10.7. The van der Waals surface area contributed by atoms with Crippen molar-refractivity contribution >= 4 is 16.7 Å². The molecule has 0 amide bonds. The number of benzene rings is 2. The second-order valence-electron chi connectivity index (χ2n) is 4.91. The van der Waals surface area contributed by atoms with E-state index >= 15 is 0 Å². The van der Waals surface area contributed by atoms with Crippen LogP contribution in [0.1, 0.15) is 6.92 Å². The van der Waals surface area contributed by atoms with Crippen molar-refractivity contribution in [2.24, 2.45) is 0 Å². The summed E-state index contributed by atoms with van der Waals surface area (Å²) >= 11 is 0. The maximum absolute atomic E-state index is 10.7. The van der Waals surface area contributed by atoms with Gasteiger partial charge in [0.15, 0.2) is 0 Å². The molecule has 3 N–H and O–H groups in total. The van der Waals surface area contributed by atoms with Crippen molar-refractivity contribution < 1.29 is 19.7 Å². The molecule has 0 spiro atoms. The second kappa shape index (κ2) is 7.06. The van der Waals surface area contributed by atoms with Gasteiger partial charge in [0.2, 0.25) is 0 Å². The molecular weight excluding hydrogens is 270 g/mol. The molecule has 2 rings (SSSR count). The quantitative estimate of drug-likeness (QED) is 0.722. The molecule has 2 aromatic rings. The molecule has 0 aliphatic heterocycles. The van der Waals surface area contributed by atoms with Gasteiger partial charge in [0, 0.05) is 11.9 Å². The van der Waals surface area contributed by atoms with Crippen molar-refractivity contribution in [3.05, 3.63) is 42.5 Å². The predicted molar refractivity (Wildman–Crippen MR) is 80.6 cm³/mol. The minimum atomic E-state index is -0.947. The van der Waals surface area contributed by atoms with Crippen LogP contribution < -0.4 is 10.1 Å². The average Bonchev–Trinajstić information content (AvgIpc) is 2.50. The smallest absolute Gasteiger partial charge is 0.320 e. The Bertz CT molecular complexity index is 609. The molecule has 5 heteroatoms. The van der Waals surface area contributed by atoms with E-state index in [4.69, 9.17) is 9.84 Å². The lowest BCUT2D eigenvalue weighted by atomic mass is 10.1. The third kappa shape index (κ3) is 4.18. The van der Waals surface area contributed by atoms with E-state index < -0.39 is 18.1 Å². The highest BCUT2D eigenvalue weighted by Gasteiger charge is 2.13. The minimum absolute atomic E-state index is 0.105. The topological polar surface area (TPSA) is 78.8 Å². The van der Waals surface area contributed by atoms with Crippen LogP contribution in [0.5, 0.6) is 5.75 Å². The van der Waals surface area contributed by atoms with E-state index in [0.29, 0.717) is 5.75 Å². The fourth-order valence-corrected chi connectivity index (χ4v) is 1.97. The van der Waals surface area contributed by atoms with Gasteiger partial charge in [0.25, 0.3) is 0 Å². The normalized spacial score (nSPS) is 13.8. The molecule has 0 bridgehead atoms. The first-order valence-corrected chi connectivity index (χ1v) is 6.82. The number of aliphatic carboxylic acids is 1. The van der Waals surface area contributed by atoms with Crippen molar-refractivity contribution in [1.29, 1.82) is 0 Å². The zero-order valence-corrected chi connectivity index (χ0v) is 11.8. The average molecular weight is 289 g/mol. The van der Waals surface area contributed by atoms with E-state index in [0.717, 1.165) is 10.8 Å². The molecule has 0 fully saturated rings. The largest absolute Gasteiger partial charge is 0.490 e. The molecule has 1 unspecified atom stereocenters. The molecule has 5 nitrogen and oxygen atoms in total. The van der Waals surface area contributed by atoms with Crippen LogP contribution in [-0.2, 0) is 4.79 Å². The number of ether oxygens (including phenoxy) is 1. The van der Waals surface area contributed by atoms with Gasteiger partial charge in [0.1, 0.15) is 24.5 Å². The van der Waals surface area contributed by atoms with Crippen LogP contribution in [0.3, 0.4) is 0 Å². The molecule has 2 aromatic carbocycles. The van der Waals surface area contributed by atoms with Crippen molar-refractivity contribution in [2.45, 2.75) is 19.1 Å². The molecule has 0 radical (unpaired) electrons. The lowest BCUT2D eigenvalue weighted by Gasteiger charge is -2.16. The van der Waals surface area contributed by atoms with E-state index in [2.05, 4.69) is 5.32 Å². The summed E-state index contributed by atoms with van der Waals surface area (Å²) < 4.78 is 5.64. The number of hydrogen-bond acceptors (Lipinski definition) is 4. The van der Waals surface area contributed by atoms with Crippen molar-refractivity contribution in [3.8, 4) is 5.75 Å². The molecule has 2 atom stereocenters. The first-order valence-electron chi connectivity index (χ1n) is 6.82. The standard InChI is InChI=1S/C16H19NO4/c1-11(16(19)20)17-9-13(18)10-21-15-8-4-6-12-5-2-3-7-14(12)15/h2-8,11,13,17-18H,9-10H2,1H3,(H,19,20)/t11-,13?/m0/s1. The zero-order chi connectivity index (χ0) is 15.2. The summed E-state index contributed by atoms with van der Waals surface area (Å²) in [6.07, 6.45) is -0.772. The summed E-state index contributed by atoms with van der Waals surface area (Å²) in [7, 11) is 0. The lowest BCUT2D eigenvalue weighted by molar-refractivity contribution is -0.139. The monoisotopic (exact) mass is 289 g/mol. The van der Waals surface area contributed by atoms with Crippen LogP contribution >= 0.6 is 0 Å². The van der Waals surface area contributed by atoms with Gasteiger partial charge < -0.3 is 20.3 Å². The molecule has 0 saturated carbocycles. The van der Waals surface area contributed by atoms with Crippen LogP contribution in [0.25, 0.3) is 10.8 Å². The molecule has 0 aliphatic carbocycles. The molecule has 0 saturated heterocycles. The van der Waals surface area contributed by atoms with Crippen molar-refractivity contribution in [1.82, 2.24) is 5.32 Å².